The molecule has 0 heterocycles. The maximum absolute atomic E-state index is 10.8. The van der Waals surface area contributed by atoms with Gasteiger partial charge in [0.25, 0.3) is 0 Å². The van der Waals surface area contributed by atoms with Crippen molar-refractivity contribution in [3.63, 3.8) is 0 Å². The molecule has 16 heavy (non-hydrogen) atoms. The molecule has 0 aromatic heterocycles. The van der Waals surface area contributed by atoms with E-state index in [2.05, 4.69) is 0 Å². The topological polar surface area (TPSA) is 95.2 Å². The van der Waals surface area contributed by atoms with Crippen LogP contribution in [0.2, 0.25) is 0 Å². The number of hydrogen-bond acceptors (Lipinski definition) is 4. The third-order valence-electron chi connectivity index (χ3n) is 2.90. The summed E-state index contributed by atoms with van der Waals surface area (Å²) in [4.78, 5) is 10.4. The molecule has 1 aromatic carbocycles. The van der Waals surface area contributed by atoms with E-state index >= 15 is 0 Å². The lowest BCUT2D eigenvalue weighted by atomic mass is 9.86. The van der Waals surface area contributed by atoms with Crippen molar-refractivity contribution in [2.45, 2.75) is 24.9 Å². The van der Waals surface area contributed by atoms with E-state index in [1.807, 2.05) is 30.3 Å². The molecule has 0 aliphatic rings. The molecule has 0 fully saturated rings. The fourth-order valence-corrected chi connectivity index (χ4v) is 1.58. The summed E-state index contributed by atoms with van der Waals surface area (Å²) in [5.41, 5.74) is 11.5. The predicted octanol–water partition coefficient (Wildman–Crippen LogP) is 0.551. The first-order valence-corrected chi connectivity index (χ1v) is 5.16. The normalized spacial score (nSPS) is 16.4. The van der Waals surface area contributed by atoms with E-state index in [1.54, 1.807) is 0 Å². The minimum atomic E-state index is -0.995. The van der Waals surface area contributed by atoms with Gasteiger partial charge >= 0.3 is 0 Å². The Morgan fingerprint density at radius 2 is 2.00 bits per heavy atom. The zero-order chi connectivity index (χ0) is 12.2. The monoisotopic (exact) mass is 223 g/mol. The number of rotatable bonds is 5. The third kappa shape index (κ3) is 2.77. The Labute approximate surface area is 94.6 Å². The number of nitrogens with two attached hydrogens (primary N) is 2. The first-order valence-electron chi connectivity index (χ1n) is 5.16. The van der Waals surface area contributed by atoms with Crippen molar-refractivity contribution in [3.8, 4) is 0 Å². The summed E-state index contributed by atoms with van der Waals surface area (Å²) in [6.07, 6.45) is 0.409. The molecule has 0 spiro atoms. The van der Waals surface area contributed by atoms with Gasteiger partial charge in [0.05, 0.1) is 5.54 Å². The van der Waals surface area contributed by atoms with Crippen LogP contribution in [0.25, 0.3) is 0 Å². The highest BCUT2D eigenvalue weighted by Gasteiger charge is 2.38. The van der Waals surface area contributed by atoms with Crippen LogP contribution in [0.3, 0.4) is 0 Å². The predicted molar refractivity (Wildman–Crippen MR) is 62.6 cm³/mol. The summed E-state index contributed by atoms with van der Waals surface area (Å²) in [5, 5.41) is 10.8. The number of nitrogens with zero attached hydrogens (tertiary/aromatic N) is 1. The van der Waals surface area contributed by atoms with E-state index in [4.69, 9.17) is 11.5 Å². The molecule has 0 saturated heterocycles. The molecule has 5 heteroatoms. The second kappa shape index (κ2) is 5.05. The Balaban J connectivity index is 2.86. The number of benzene rings is 1. The summed E-state index contributed by atoms with van der Waals surface area (Å²) in [6, 6.07) is 8.57. The summed E-state index contributed by atoms with van der Waals surface area (Å²) in [7, 11) is 0. The van der Waals surface area contributed by atoms with Gasteiger partial charge in [-0.1, -0.05) is 30.3 Å². The average molecular weight is 223 g/mol. The smallest absolute Gasteiger partial charge is 0.229 e. The van der Waals surface area contributed by atoms with Crippen molar-refractivity contribution in [1.29, 1.82) is 0 Å². The Bertz CT molecular complexity index is 356. The van der Waals surface area contributed by atoms with Crippen molar-refractivity contribution in [3.05, 3.63) is 46.0 Å². The molecule has 0 aliphatic carbocycles. The van der Waals surface area contributed by atoms with Crippen molar-refractivity contribution in [2.75, 3.05) is 6.54 Å². The van der Waals surface area contributed by atoms with Crippen molar-refractivity contribution >= 4 is 0 Å². The molecule has 88 valence electrons. The van der Waals surface area contributed by atoms with Gasteiger partial charge in [-0.25, -0.2) is 0 Å². The zero-order valence-electron chi connectivity index (χ0n) is 9.30. The largest absolute Gasteiger partial charge is 0.328 e. The Hall–Kier alpha value is -1.46. The minimum Gasteiger partial charge on any atom is -0.328 e. The highest BCUT2D eigenvalue weighted by atomic mass is 16.6. The van der Waals surface area contributed by atoms with Crippen LogP contribution < -0.4 is 11.5 Å². The summed E-state index contributed by atoms with van der Waals surface area (Å²) < 4.78 is 0. The van der Waals surface area contributed by atoms with Crippen LogP contribution in [-0.4, -0.2) is 23.0 Å². The van der Waals surface area contributed by atoms with Crippen LogP contribution in [-0.2, 0) is 6.42 Å². The molecule has 0 bridgehead atoms. The van der Waals surface area contributed by atoms with Crippen LogP contribution in [0.4, 0.5) is 0 Å². The third-order valence-corrected chi connectivity index (χ3v) is 2.90. The number of nitro groups is 1. The Kier molecular flexibility index (Phi) is 3.98. The average Bonchev–Trinajstić information content (AvgIpc) is 2.29. The van der Waals surface area contributed by atoms with E-state index in [-0.39, 0.29) is 11.5 Å². The second-order valence-electron chi connectivity index (χ2n) is 4.06. The quantitative estimate of drug-likeness (QED) is 0.563. The second-order valence-corrected chi connectivity index (χ2v) is 4.06. The minimum absolute atomic E-state index is 0.0873. The molecule has 1 rings (SSSR count). The van der Waals surface area contributed by atoms with Gasteiger partial charge in [0.2, 0.25) is 6.04 Å². The van der Waals surface area contributed by atoms with Gasteiger partial charge in [-0.05, 0) is 12.0 Å². The van der Waals surface area contributed by atoms with Gasteiger partial charge in [-0.15, -0.1) is 0 Å². The molecule has 1 aromatic rings. The van der Waals surface area contributed by atoms with Crippen molar-refractivity contribution in [2.24, 2.45) is 11.5 Å². The van der Waals surface area contributed by atoms with Crippen LogP contribution in [0.1, 0.15) is 12.5 Å². The van der Waals surface area contributed by atoms with E-state index in [1.165, 1.54) is 6.92 Å². The van der Waals surface area contributed by atoms with E-state index in [0.29, 0.717) is 6.42 Å². The molecule has 2 unspecified atom stereocenters. The highest BCUT2D eigenvalue weighted by molar-refractivity contribution is 5.18. The fourth-order valence-electron chi connectivity index (χ4n) is 1.58. The van der Waals surface area contributed by atoms with Gasteiger partial charge in [0, 0.05) is 18.4 Å². The van der Waals surface area contributed by atoms with Gasteiger partial charge in [0.1, 0.15) is 0 Å². The molecule has 0 amide bonds. The fraction of sp³-hybridized carbons (Fsp3) is 0.455. The number of hydrogen-bond donors (Lipinski definition) is 2. The first kappa shape index (κ1) is 12.6. The van der Waals surface area contributed by atoms with Gasteiger partial charge in [-0.2, -0.15) is 0 Å². The molecule has 5 nitrogen and oxygen atoms in total. The highest BCUT2D eigenvalue weighted by Crippen LogP contribution is 2.16. The molecule has 2 atom stereocenters. The maximum Gasteiger partial charge on any atom is 0.229 e. The van der Waals surface area contributed by atoms with Crippen LogP contribution >= 0.6 is 0 Å². The first-order chi connectivity index (χ1) is 7.49. The molecular weight excluding hydrogens is 206 g/mol. The summed E-state index contributed by atoms with van der Waals surface area (Å²) in [6.45, 7) is 1.58. The molecule has 0 radical (unpaired) electrons. The molecule has 0 aliphatic heterocycles. The summed E-state index contributed by atoms with van der Waals surface area (Å²) in [5.74, 6) is 0. The zero-order valence-corrected chi connectivity index (χ0v) is 9.30. The van der Waals surface area contributed by atoms with Gasteiger partial charge in [-0.3, -0.25) is 10.1 Å². The van der Waals surface area contributed by atoms with Crippen molar-refractivity contribution < 1.29 is 4.92 Å². The SMILES string of the molecule is CC([N+](=O)[O-])C(N)(CN)Cc1ccccc1. The van der Waals surface area contributed by atoms with Gasteiger partial charge < -0.3 is 11.5 Å². The van der Waals surface area contributed by atoms with E-state index in [9.17, 15) is 10.1 Å². The van der Waals surface area contributed by atoms with E-state index in [0.717, 1.165) is 5.56 Å². The molecular formula is C11H17N3O2. The molecule has 4 N–H and O–H groups in total. The van der Waals surface area contributed by atoms with E-state index < -0.39 is 11.6 Å². The van der Waals surface area contributed by atoms with Crippen LogP contribution in [0.15, 0.2) is 30.3 Å². The standard InChI is InChI=1S/C11H17N3O2/c1-9(14(15)16)11(13,8-12)7-10-5-3-2-4-6-10/h2-6,9H,7-8,12-13H2,1H3. The van der Waals surface area contributed by atoms with Crippen LogP contribution in [0, 0.1) is 10.1 Å². The summed E-state index contributed by atoms with van der Waals surface area (Å²) >= 11 is 0. The molecule has 0 saturated carbocycles. The Morgan fingerprint density at radius 3 is 2.44 bits per heavy atom. The maximum atomic E-state index is 10.8. The van der Waals surface area contributed by atoms with Crippen LogP contribution in [0.5, 0.6) is 0 Å². The Morgan fingerprint density at radius 1 is 1.44 bits per heavy atom. The van der Waals surface area contributed by atoms with Gasteiger partial charge in [0.15, 0.2) is 0 Å². The van der Waals surface area contributed by atoms with Crippen molar-refractivity contribution in [1.82, 2.24) is 0 Å². The lowest BCUT2D eigenvalue weighted by molar-refractivity contribution is -0.528. The lowest BCUT2D eigenvalue weighted by Crippen LogP contribution is -2.59. The lowest BCUT2D eigenvalue weighted by Gasteiger charge is -2.28.